The zero-order valence-corrected chi connectivity index (χ0v) is 15.1. The van der Waals surface area contributed by atoms with Crippen molar-refractivity contribution in [3.63, 3.8) is 0 Å². The van der Waals surface area contributed by atoms with Crippen molar-refractivity contribution in [3.05, 3.63) is 24.3 Å². The van der Waals surface area contributed by atoms with Crippen LogP contribution in [0.15, 0.2) is 24.3 Å². The molecule has 0 aliphatic heterocycles. The number of carboxylic acid groups (broad SMARTS) is 1. The van der Waals surface area contributed by atoms with E-state index >= 15 is 0 Å². The van der Waals surface area contributed by atoms with Gasteiger partial charge in [-0.05, 0) is 25.7 Å². The van der Waals surface area contributed by atoms with Gasteiger partial charge in [-0.25, -0.2) is 0 Å². The van der Waals surface area contributed by atoms with Crippen LogP contribution in [0.1, 0.15) is 64.7 Å². The maximum absolute atomic E-state index is 12.1. The molecule has 0 aromatic carbocycles. The lowest BCUT2D eigenvalue weighted by Crippen LogP contribution is -2.19. The molecule has 1 fully saturated rings. The fourth-order valence-electron chi connectivity index (χ4n) is 3.22. The smallest absolute Gasteiger partial charge is 0.303 e. The minimum absolute atomic E-state index is 0.0220. The van der Waals surface area contributed by atoms with E-state index in [4.69, 9.17) is 5.11 Å². The Hall–Kier alpha value is -1.46. The van der Waals surface area contributed by atoms with E-state index in [1.807, 2.05) is 12.2 Å². The Morgan fingerprint density at radius 1 is 1.28 bits per heavy atom. The van der Waals surface area contributed by atoms with Crippen LogP contribution in [0.4, 0.5) is 0 Å². The molecule has 0 spiro atoms. The van der Waals surface area contributed by atoms with E-state index in [-0.39, 0.29) is 30.5 Å². The van der Waals surface area contributed by atoms with Crippen molar-refractivity contribution in [2.75, 3.05) is 0 Å². The molecular formula is C20H32O5. The van der Waals surface area contributed by atoms with Crippen LogP contribution in [-0.4, -0.2) is 39.3 Å². The summed E-state index contributed by atoms with van der Waals surface area (Å²) in [7, 11) is 0. The average molecular weight is 352 g/mol. The first-order valence-electron chi connectivity index (χ1n) is 9.39. The zero-order valence-electron chi connectivity index (χ0n) is 15.1. The number of allylic oxidation sites excluding steroid dienone is 3. The maximum Gasteiger partial charge on any atom is 0.303 e. The highest BCUT2D eigenvalue weighted by Gasteiger charge is 2.39. The molecule has 0 aromatic heterocycles. The predicted molar refractivity (Wildman–Crippen MR) is 97.1 cm³/mol. The van der Waals surface area contributed by atoms with E-state index in [9.17, 15) is 19.8 Å². The molecule has 0 heterocycles. The van der Waals surface area contributed by atoms with Crippen LogP contribution in [0.3, 0.4) is 0 Å². The summed E-state index contributed by atoms with van der Waals surface area (Å²) in [4.78, 5) is 22.5. The van der Waals surface area contributed by atoms with Crippen LogP contribution in [0, 0.1) is 11.8 Å². The number of carbonyl (C=O) groups excluding carboxylic acids is 1. The van der Waals surface area contributed by atoms with Gasteiger partial charge in [0, 0.05) is 24.7 Å². The molecule has 4 atom stereocenters. The largest absolute Gasteiger partial charge is 0.481 e. The molecule has 1 rings (SSSR count). The molecule has 1 aliphatic carbocycles. The number of unbranched alkanes of at least 4 members (excludes halogenated alkanes) is 3. The lowest BCUT2D eigenvalue weighted by atomic mass is 9.90. The van der Waals surface area contributed by atoms with E-state index in [2.05, 4.69) is 6.92 Å². The van der Waals surface area contributed by atoms with E-state index < -0.39 is 18.2 Å². The molecule has 5 heteroatoms. The van der Waals surface area contributed by atoms with Gasteiger partial charge in [-0.1, -0.05) is 50.5 Å². The highest BCUT2D eigenvalue weighted by Crippen LogP contribution is 2.33. The first kappa shape index (κ1) is 21.6. The lowest BCUT2D eigenvalue weighted by molar-refractivity contribution is -0.137. The van der Waals surface area contributed by atoms with Crippen molar-refractivity contribution < 1.29 is 24.9 Å². The number of hydrogen-bond acceptors (Lipinski definition) is 4. The van der Waals surface area contributed by atoms with E-state index in [1.54, 1.807) is 12.2 Å². The first-order chi connectivity index (χ1) is 12.0. The van der Waals surface area contributed by atoms with Gasteiger partial charge >= 0.3 is 5.97 Å². The molecule has 0 radical (unpaired) electrons. The summed E-state index contributed by atoms with van der Waals surface area (Å²) in [6, 6.07) is 0. The number of carboxylic acids is 1. The second kappa shape index (κ2) is 12.0. The Balaban J connectivity index is 2.48. The Morgan fingerprint density at radius 2 is 2.04 bits per heavy atom. The molecule has 3 N–H and O–H groups in total. The second-order valence-corrected chi connectivity index (χ2v) is 6.87. The van der Waals surface area contributed by atoms with Gasteiger partial charge in [0.05, 0.1) is 12.2 Å². The molecule has 142 valence electrons. The number of hydrogen-bond donors (Lipinski definition) is 3. The standard InChI is InChI=1S/C20H32O5/c1-2-3-6-9-15(21)12-13-17-16(18(22)14-19(17)23)10-7-4-5-8-11-20(24)25/h4,7,12-13,15-18,21-22H,2-3,5-6,8-11,14H2,1H3,(H,24,25)/b7-4-,13-12+/t15-,16-,17-,18?/m1/s1. The van der Waals surface area contributed by atoms with Crippen molar-refractivity contribution in [1.82, 2.24) is 0 Å². The molecule has 1 unspecified atom stereocenters. The molecule has 0 bridgehead atoms. The summed E-state index contributed by atoms with van der Waals surface area (Å²) in [6.07, 6.45) is 12.1. The van der Waals surface area contributed by atoms with Gasteiger partial charge in [-0.3, -0.25) is 9.59 Å². The van der Waals surface area contributed by atoms with Crippen molar-refractivity contribution >= 4 is 11.8 Å². The Morgan fingerprint density at radius 3 is 2.72 bits per heavy atom. The Labute approximate surface area is 150 Å². The molecule has 1 saturated carbocycles. The maximum atomic E-state index is 12.1. The van der Waals surface area contributed by atoms with E-state index in [0.717, 1.165) is 19.3 Å². The fraction of sp³-hybridized carbons (Fsp3) is 0.700. The van der Waals surface area contributed by atoms with Crippen LogP contribution in [-0.2, 0) is 9.59 Å². The molecule has 0 saturated heterocycles. The SMILES string of the molecule is CCCCC[C@@H](O)/C=C/[C@H]1C(=O)CC(O)[C@@H]1C/C=C\CCCC(=O)O. The third kappa shape index (κ3) is 8.45. The lowest BCUT2D eigenvalue weighted by Gasteiger charge is -2.17. The summed E-state index contributed by atoms with van der Waals surface area (Å²) in [5.41, 5.74) is 0. The van der Waals surface area contributed by atoms with Crippen LogP contribution >= 0.6 is 0 Å². The van der Waals surface area contributed by atoms with Crippen molar-refractivity contribution in [2.45, 2.75) is 76.9 Å². The van der Waals surface area contributed by atoms with Crippen molar-refractivity contribution in [3.8, 4) is 0 Å². The molecule has 1 aliphatic rings. The Kier molecular flexibility index (Phi) is 10.3. The van der Waals surface area contributed by atoms with Crippen LogP contribution in [0.25, 0.3) is 0 Å². The number of Topliss-reactive ketones (excluding diaryl/α,β-unsaturated/α-hetero) is 1. The zero-order chi connectivity index (χ0) is 18.7. The number of rotatable bonds is 12. The molecule has 0 aromatic rings. The quantitative estimate of drug-likeness (QED) is 0.370. The summed E-state index contributed by atoms with van der Waals surface area (Å²) in [6.45, 7) is 2.11. The highest BCUT2D eigenvalue weighted by molar-refractivity contribution is 5.86. The number of aliphatic hydroxyl groups excluding tert-OH is 2. The van der Waals surface area contributed by atoms with Crippen molar-refractivity contribution in [1.29, 1.82) is 0 Å². The Bertz CT molecular complexity index is 469. The van der Waals surface area contributed by atoms with Crippen LogP contribution in [0.5, 0.6) is 0 Å². The van der Waals surface area contributed by atoms with Crippen LogP contribution in [0.2, 0.25) is 0 Å². The van der Waals surface area contributed by atoms with Gasteiger partial charge in [0.1, 0.15) is 5.78 Å². The van der Waals surface area contributed by atoms with Gasteiger partial charge in [0.25, 0.3) is 0 Å². The van der Waals surface area contributed by atoms with Crippen LogP contribution < -0.4 is 0 Å². The molecule has 0 amide bonds. The normalized spacial score (nSPS) is 25.2. The minimum atomic E-state index is -0.798. The van der Waals surface area contributed by atoms with E-state index in [1.165, 1.54) is 0 Å². The first-order valence-corrected chi connectivity index (χ1v) is 9.39. The van der Waals surface area contributed by atoms with Crippen molar-refractivity contribution in [2.24, 2.45) is 11.8 Å². The number of carbonyl (C=O) groups is 2. The average Bonchev–Trinajstić information content (AvgIpc) is 2.82. The number of aliphatic carboxylic acids is 1. The van der Waals surface area contributed by atoms with Gasteiger partial charge < -0.3 is 15.3 Å². The summed E-state index contributed by atoms with van der Waals surface area (Å²) < 4.78 is 0. The van der Waals surface area contributed by atoms with Gasteiger partial charge in [-0.2, -0.15) is 0 Å². The number of aliphatic hydroxyl groups is 2. The monoisotopic (exact) mass is 352 g/mol. The van der Waals surface area contributed by atoms with Gasteiger partial charge in [-0.15, -0.1) is 0 Å². The molecule has 5 nitrogen and oxygen atoms in total. The van der Waals surface area contributed by atoms with Gasteiger partial charge in [0.2, 0.25) is 0 Å². The molecular weight excluding hydrogens is 320 g/mol. The highest BCUT2D eigenvalue weighted by atomic mass is 16.4. The van der Waals surface area contributed by atoms with E-state index in [0.29, 0.717) is 25.7 Å². The predicted octanol–water partition coefficient (Wildman–Crippen LogP) is 3.25. The number of ketones is 1. The van der Waals surface area contributed by atoms with Gasteiger partial charge in [0.15, 0.2) is 0 Å². The third-order valence-corrected chi connectivity index (χ3v) is 4.72. The fourth-order valence-corrected chi connectivity index (χ4v) is 3.22. The summed E-state index contributed by atoms with van der Waals surface area (Å²) in [5.74, 6) is -1.29. The third-order valence-electron chi connectivity index (χ3n) is 4.72. The second-order valence-electron chi connectivity index (χ2n) is 6.87. The minimum Gasteiger partial charge on any atom is -0.481 e. The topological polar surface area (TPSA) is 94.8 Å². The summed E-state index contributed by atoms with van der Waals surface area (Å²) in [5, 5.41) is 28.7. The molecule has 25 heavy (non-hydrogen) atoms. The summed E-state index contributed by atoms with van der Waals surface area (Å²) >= 11 is 0.